The van der Waals surface area contributed by atoms with Gasteiger partial charge in [-0.15, -0.1) is 0 Å². The van der Waals surface area contributed by atoms with Crippen LogP contribution in [0, 0.1) is 10.1 Å². The van der Waals surface area contributed by atoms with Crippen molar-refractivity contribution in [1.29, 1.82) is 0 Å². The van der Waals surface area contributed by atoms with Gasteiger partial charge >= 0.3 is 0 Å². The number of para-hydroxylation sites is 1. The molecule has 9 nitrogen and oxygen atoms in total. The van der Waals surface area contributed by atoms with Crippen LogP contribution < -0.4 is 11.0 Å². The smallest absolute Gasteiger partial charge is 0.276 e. The number of nitro benzene ring substituents is 1. The molecule has 4 rings (SSSR count). The molecule has 4 aromatic rings. The molecule has 0 aliphatic heterocycles. The van der Waals surface area contributed by atoms with Gasteiger partial charge < -0.3 is 10.1 Å². The first kappa shape index (κ1) is 22.4. The number of hydrogen-bond donors (Lipinski definition) is 3. The number of hydrazone groups is 1. The Morgan fingerprint density at radius 2 is 1.85 bits per heavy atom. The zero-order valence-corrected chi connectivity index (χ0v) is 18.2. The number of halogens is 2. The summed E-state index contributed by atoms with van der Waals surface area (Å²) in [6.45, 7) is 0. The molecule has 33 heavy (non-hydrogen) atoms. The summed E-state index contributed by atoms with van der Waals surface area (Å²) in [6.07, 6.45) is -1.39. The second-order valence-corrected chi connectivity index (χ2v) is 7.74. The molecule has 0 aliphatic carbocycles. The number of H-pyrrole nitrogens is 1. The minimum atomic E-state index is -1.39. The van der Waals surface area contributed by atoms with Crippen LogP contribution in [0.5, 0.6) is 0 Å². The van der Waals surface area contributed by atoms with E-state index in [-0.39, 0.29) is 33.1 Å². The molecule has 166 valence electrons. The summed E-state index contributed by atoms with van der Waals surface area (Å²) < 4.78 is 0. The Kier molecular flexibility index (Phi) is 6.36. The Morgan fingerprint density at radius 3 is 2.55 bits per heavy atom. The van der Waals surface area contributed by atoms with E-state index in [1.54, 1.807) is 30.3 Å². The van der Waals surface area contributed by atoms with E-state index in [4.69, 9.17) is 23.2 Å². The molecule has 0 bridgehead atoms. The van der Waals surface area contributed by atoms with Crippen LogP contribution in [0.4, 0.5) is 11.4 Å². The average Bonchev–Trinajstić information content (AvgIpc) is 2.81. The average molecular weight is 484 g/mol. The van der Waals surface area contributed by atoms with E-state index in [0.717, 1.165) is 0 Å². The van der Waals surface area contributed by atoms with E-state index in [1.165, 1.54) is 30.3 Å². The number of aliphatic hydroxyl groups excluding tert-OH is 1. The van der Waals surface area contributed by atoms with Gasteiger partial charge in [0, 0.05) is 12.1 Å². The Morgan fingerprint density at radius 1 is 1.09 bits per heavy atom. The fourth-order valence-electron chi connectivity index (χ4n) is 3.08. The van der Waals surface area contributed by atoms with Gasteiger partial charge in [0.05, 0.1) is 31.7 Å². The van der Waals surface area contributed by atoms with Crippen molar-refractivity contribution < 1.29 is 10.0 Å². The van der Waals surface area contributed by atoms with Crippen LogP contribution in [0.1, 0.15) is 17.4 Å². The molecule has 0 spiro atoms. The van der Waals surface area contributed by atoms with Crippen molar-refractivity contribution in [3.05, 3.63) is 109 Å². The number of aromatic nitrogens is 2. The number of fused-ring (bicyclic) bond motifs is 1. The molecular weight excluding hydrogens is 469 g/mol. The third-order valence-corrected chi connectivity index (χ3v) is 5.47. The van der Waals surface area contributed by atoms with Gasteiger partial charge in [0.1, 0.15) is 11.8 Å². The molecule has 0 saturated carbocycles. The highest BCUT2D eigenvalue weighted by atomic mass is 35.5. The molecule has 1 aromatic heterocycles. The van der Waals surface area contributed by atoms with E-state index < -0.39 is 16.6 Å². The number of non-ortho nitro benzene ring substituents is 1. The van der Waals surface area contributed by atoms with Crippen LogP contribution in [-0.2, 0) is 0 Å². The van der Waals surface area contributed by atoms with Crippen molar-refractivity contribution in [3.8, 4) is 0 Å². The van der Waals surface area contributed by atoms with Gasteiger partial charge in [-0.2, -0.15) is 5.10 Å². The monoisotopic (exact) mass is 483 g/mol. The van der Waals surface area contributed by atoms with Gasteiger partial charge in [-0.25, -0.2) is 4.98 Å². The minimum Gasteiger partial charge on any atom is -0.382 e. The molecule has 1 atom stereocenters. The fraction of sp³-hybridized carbons (Fsp3) is 0.0455. The largest absolute Gasteiger partial charge is 0.382 e. The van der Waals surface area contributed by atoms with Crippen molar-refractivity contribution in [2.24, 2.45) is 5.10 Å². The summed E-state index contributed by atoms with van der Waals surface area (Å²) in [4.78, 5) is 30.2. The van der Waals surface area contributed by atoms with E-state index in [1.807, 2.05) is 6.07 Å². The molecule has 0 saturated heterocycles. The van der Waals surface area contributed by atoms with Gasteiger partial charge in [-0.1, -0.05) is 47.5 Å². The summed E-state index contributed by atoms with van der Waals surface area (Å²) >= 11 is 12.1. The highest BCUT2D eigenvalue weighted by molar-refractivity contribution is 6.42. The molecule has 0 fully saturated rings. The number of benzene rings is 3. The van der Waals surface area contributed by atoms with E-state index in [9.17, 15) is 20.0 Å². The quantitative estimate of drug-likeness (QED) is 0.207. The van der Waals surface area contributed by atoms with Crippen molar-refractivity contribution in [1.82, 2.24) is 9.97 Å². The third kappa shape index (κ3) is 4.85. The molecule has 0 aliphatic rings. The van der Waals surface area contributed by atoms with Crippen molar-refractivity contribution in [3.63, 3.8) is 0 Å². The molecule has 1 heterocycles. The van der Waals surface area contributed by atoms with Gasteiger partial charge in [-0.3, -0.25) is 20.3 Å². The number of nitrogens with one attached hydrogen (secondary N) is 2. The number of aliphatic hydroxyl groups is 1. The lowest BCUT2D eigenvalue weighted by Crippen LogP contribution is -2.26. The second-order valence-electron chi connectivity index (χ2n) is 6.92. The Bertz CT molecular complexity index is 1440. The maximum Gasteiger partial charge on any atom is 0.276 e. The van der Waals surface area contributed by atoms with Gasteiger partial charge in [-0.05, 0) is 35.9 Å². The number of hydrogen-bond acceptors (Lipinski definition) is 7. The number of aromatic amines is 1. The number of anilines is 1. The molecular formula is C22H15Cl2N5O4. The Hall–Kier alpha value is -3.79. The first-order chi connectivity index (χ1) is 15.8. The van der Waals surface area contributed by atoms with Crippen molar-refractivity contribution in [2.75, 3.05) is 5.43 Å². The first-order valence-electron chi connectivity index (χ1n) is 9.54. The van der Waals surface area contributed by atoms with Crippen LogP contribution in [0.2, 0.25) is 10.0 Å². The highest BCUT2D eigenvalue weighted by Gasteiger charge is 2.23. The fourth-order valence-corrected chi connectivity index (χ4v) is 3.39. The van der Waals surface area contributed by atoms with Crippen LogP contribution in [0.3, 0.4) is 0 Å². The zero-order chi connectivity index (χ0) is 23.5. The van der Waals surface area contributed by atoms with E-state index in [2.05, 4.69) is 20.5 Å². The van der Waals surface area contributed by atoms with Crippen molar-refractivity contribution >= 4 is 51.3 Å². The lowest BCUT2D eigenvalue weighted by molar-refractivity contribution is -0.384. The first-order valence-corrected chi connectivity index (χ1v) is 10.3. The predicted octanol–water partition coefficient (Wildman–Crippen LogP) is 4.69. The SMILES string of the molecule is O=c1[nH]c2cc([N+](=O)[O-])ccc2nc1C(=NNc1ccccc1)C(O)c1ccc(Cl)c(Cl)c1. The number of nitrogens with zero attached hydrogens (tertiary/aromatic N) is 3. The standard InChI is InChI=1S/C22H15Cl2N5O4/c23-15-8-6-12(10-16(15)24)21(30)19(28-27-13-4-2-1-3-5-13)20-22(31)26-18-11-14(29(32)33)7-9-17(18)25-20/h1-11,21,27,30H,(H,26,31). The topological polar surface area (TPSA) is 134 Å². The van der Waals surface area contributed by atoms with Gasteiger partial charge in [0.2, 0.25) is 0 Å². The van der Waals surface area contributed by atoms with E-state index >= 15 is 0 Å². The minimum absolute atomic E-state index is 0.0845. The third-order valence-electron chi connectivity index (χ3n) is 4.73. The summed E-state index contributed by atoms with van der Waals surface area (Å²) in [5.41, 5.74) is 3.09. The molecule has 3 aromatic carbocycles. The molecule has 11 heteroatoms. The lowest BCUT2D eigenvalue weighted by atomic mass is 10.0. The predicted molar refractivity (Wildman–Crippen MR) is 127 cm³/mol. The Balaban J connectivity index is 1.84. The lowest BCUT2D eigenvalue weighted by Gasteiger charge is -2.15. The highest BCUT2D eigenvalue weighted by Crippen LogP contribution is 2.27. The van der Waals surface area contributed by atoms with Crippen LogP contribution in [0.15, 0.2) is 76.6 Å². The van der Waals surface area contributed by atoms with E-state index in [0.29, 0.717) is 16.3 Å². The zero-order valence-electron chi connectivity index (χ0n) is 16.7. The normalized spacial score (nSPS) is 12.5. The maximum absolute atomic E-state index is 12.9. The van der Waals surface area contributed by atoms with Crippen LogP contribution in [-0.4, -0.2) is 25.7 Å². The van der Waals surface area contributed by atoms with Crippen LogP contribution >= 0.6 is 23.2 Å². The summed E-state index contributed by atoms with van der Waals surface area (Å²) in [5, 5.41) is 26.9. The second kappa shape index (κ2) is 9.37. The summed E-state index contributed by atoms with van der Waals surface area (Å²) in [7, 11) is 0. The van der Waals surface area contributed by atoms with Gasteiger partial charge in [0.25, 0.3) is 11.2 Å². The maximum atomic E-state index is 12.9. The number of nitro groups is 1. The number of rotatable bonds is 6. The summed E-state index contributed by atoms with van der Waals surface area (Å²) in [6, 6.07) is 17.3. The molecule has 1 unspecified atom stereocenters. The molecule has 0 amide bonds. The molecule has 0 radical (unpaired) electrons. The molecule has 3 N–H and O–H groups in total. The summed E-state index contributed by atoms with van der Waals surface area (Å²) in [5.74, 6) is 0. The van der Waals surface area contributed by atoms with Crippen molar-refractivity contribution in [2.45, 2.75) is 6.10 Å². The van der Waals surface area contributed by atoms with Gasteiger partial charge in [0.15, 0.2) is 5.69 Å². The van der Waals surface area contributed by atoms with Crippen LogP contribution in [0.25, 0.3) is 11.0 Å². The Labute approximate surface area is 196 Å².